The van der Waals surface area contributed by atoms with E-state index in [2.05, 4.69) is 37.4 Å². The average Bonchev–Trinajstić information content (AvgIpc) is 2.32. The monoisotopic (exact) mass is 258 g/mol. The Kier molecular flexibility index (Phi) is 4.40. The van der Waals surface area contributed by atoms with Crippen LogP contribution in [0.15, 0.2) is 0 Å². The van der Waals surface area contributed by atoms with Crippen LogP contribution in [0.1, 0.15) is 33.6 Å². The Bertz CT molecular complexity index is 264. The summed E-state index contributed by atoms with van der Waals surface area (Å²) in [6, 6.07) is 0.627. The zero-order chi connectivity index (χ0) is 12.5. The first kappa shape index (κ1) is 13.7. The number of ether oxygens (including phenoxy) is 1. The predicted molar refractivity (Wildman–Crippen MR) is 74.5 cm³/mol. The molecule has 4 unspecified atom stereocenters. The first-order valence-corrected chi connectivity index (χ1v) is 7.84. The fourth-order valence-electron chi connectivity index (χ4n) is 3.31. The van der Waals surface area contributed by atoms with Crippen LogP contribution in [0, 0.1) is 0 Å². The summed E-state index contributed by atoms with van der Waals surface area (Å²) < 4.78 is 5.70. The van der Waals surface area contributed by atoms with Crippen molar-refractivity contribution < 1.29 is 4.74 Å². The molecule has 2 fully saturated rings. The van der Waals surface area contributed by atoms with Gasteiger partial charge in [-0.1, -0.05) is 6.92 Å². The van der Waals surface area contributed by atoms with Gasteiger partial charge in [0.25, 0.3) is 0 Å². The summed E-state index contributed by atoms with van der Waals surface area (Å²) in [4.78, 5) is 2.67. The topological polar surface area (TPSA) is 38.5 Å². The normalized spacial score (nSPS) is 44.8. The van der Waals surface area contributed by atoms with E-state index in [0.29, 0.717) is 17.4 Å². The van der Waals surface area contributed by atoms with Crippen LogP contribution in [-0.4, -0.2) is 53.3 Å². The molecule has 0 aromatic heterocycles. The predicted octanol–water partition coefficient (Wildman–Crippen LogP) is 1.71. The van der Waals surface area contributed by atoms with Gasteiger partial charge in [0, 0.05) is 42.3 Å². The van der Waals surface area contributed by atoms with Crippen LogP contribution < -0.4 is 5.73 Å². The molecule has 2 rings (SSSR count). The molecule has 17 heavy (non-hydrogen) atoms. The second kappa shape index (κ2) is 5.47. The fraction of sp³-hybridized carbons (Fsp3) is 1.00. The maximum atomic E-state index is 6.13. The molecular weight excluding hydrogens is 232 g/mol. The number of hydrogen-bond acceptors (Lipinski definition) is 4. The van der Waals surface area contributed by atoms with Crippen LogP contribution in [-0.2, 0) is 4.74 Å². The summed E-state index contributed by atoms with van der Waals surface area (Å²) in [5, 5.41) is 0.713. The van der Waals surface area contributed by atoms with E-state index in [9.17, 15) is 0 Å². The summed E-state index contributed by atoms with van der Waals surface area (Å²) >= 11 is 2.09. The summed E-state index contributed by atoms with van der Waals surface area (Å²) in [5.41, 5.74) is 6.32. The van der Waals surface area contributed by atoms with Gasteiger partial charge >= 0.3 is 0 Å². The van der Waals surface area contributed by atoms with E-state index in [4.69, 9.17) is 10.5 Å². The van der Waals surface area contributed by atoms with Gasteiger partial charge in [-0.15, -0.1) is 0 Å². The van der Waals surface area contributed by atoms with E-state index >= 15 is 0 Å². The molecule has 0 bridgehead atoms. The molecule has 4 heteroatoms. The molecule has 100 valence electrons. The van der Waals surface area contributed by atoms with Crippen LogP contribution in [0.5, 0.6) is 0 Å². The number of thioether (sulfide) groups is 1. The van der Waals surface area contributed by atoms with Gasteiger partial charge in [0.2, 0.25) is 0 Å². The molecule has 2 aliphatic heterocycles. The highest BCUT2D eigenvalue weighted by atomic mass is 32.2. The van der Waals surface area contributed by atoms with Crippen LogP contribution in [0.4, 0.5) is 0 Å². The molecule has 0 aromatic carbocycles. The SMILES string of the molecule is CC1CC(CN)(N2CCSC(C)C2C)CCO1. The molecule has 2 heterocycles. The van der Waals surface area contributed by atoms with Gasteiger partial charge in [-0.25, -0.2) is 0 Å². The summed E-state index contributed by atoms with van der Waals surface area (Å²) in [7, 11) is 0. The maximum absolute atomic E-state index is 6.13. The van der Waals surface area contributed by atoms with Crippen molar-refractivity contribution in [2.75, 3.05) is 25.4 Å². The third-order valence-corrected chi connectivity index (χ3v) is 5.85. The standard InChI is InChI=1S/C13H26N2OS/c1-10-8-13(9-14,4-6-16-10)15-5-7-17-12(3)11(15)2/h10-12H,4-9,14H2,1-3H3. The van der Waals surface area contributed by atoms with Gasteiger partial charge in [0.15, 0.2) is 0 Å². The molecular formula is C13H26N2OS. The minimum atomic E-state index is 0.187. The molecule has 3 nitrogen and oxygen atoms in total. The van der Waals surface area contributed by atoms with Gasteiger partial charge in [-0.2, -0.15) is 11.8 Å². The van der Waals surface area contributed by atoms with Gasteiger partial charge < -0.3 is 10.5 Å². The molecule has 0 radical (unpaired) electrons. The Morgan fingerprint density at radius 1 is 1.41 bits per heavy atom. The van der Waals surface area contributed by atoms with Crippen molar-refractivity contribution in [3.05, 3.63) is 0 Å². The lowest BCUT2D eigenvalue weighted by Gasteiger charge is -2.53. The smallest absolute Gasteiger partial charge is 0.0565 e. The Morgan fingerprint density at radius 3 is 2.82 bits per heavy atom. The molecule has 4 atom stereocenters. The molecule has 0 aromatic rings. The first-order valence-electron chi connectivity index (χ1n) is 6.79. The quantitative estimate of drug-likeness (QED) is 0.818. The fourth-order valence-corrected chi connectivity index (χ4v) is 4.41. The summed E-state index contributed by atoms with van der Waals surface area (Å²) in [5.74, 6) is 1.24. The van der Waals surface area contributed by atoms with E-state index in [1.807, 2.05) is 0 Å². The van der Waals surface area contributed by atoms with Crippen LogP contribution in [0.25, 0.3) is 0 Å². The van der Waals surface area contributed by atoms with Crippen molar-refractivity contribution in [2.24, 2.45) is 5.73 Å². The first-order chi connectivity index (χ1) is 8.09. The van der Waals surface area contributed by atoms with E-state index in [1.54, 1.807) is 0 Å². The van der Waals surface area contributed by atoms with Crippen LogP contribution in [0.3, 0.4) is 0 Å². The average molecular weight is 258 g/mol. The van der Waals surface area contributed by atoms with Crippen molar-refractivity contribution in [1.82, 2.24) is 4.90 Å². The van der Waals surface area contributed by atoms with Crippen LogP contribution >= 0.6 is 11.8 Å². The van der Waals surface area contributed by atoms with Gasteiger partial charge in [0.1, 0.15) is 0 Å². The second-order valence-corrected chi connectivity index (χ2v) is 7.06. The van der Waals surface area contributed by atoms with Crippen molar-refractivity contribution in [1.29, 1.82) is 0 Å². The Labute approximate surface area is 109 Å². The zero-order valence-corrected chi connectivity index (χ0v) is 12.1. The molecule has 0 aliphatic carbocycles. The minimum Gasteiger partial charge on any atom is -0.378 e. The van der Waals surface area contributed by atoms with E-state index in [0.717, 1.165) is 26.0 Å². The van der Waals surface area contributed by atoms with Crippen molar-refractivity contribution in [3.63, 3.8) is 0 Å². The molecule has 0 saturated carbocycles. The summed E-state index contributed by atoms with van der Waals surface area (Å²) in [6.45, 7) is 9.69. The van der Waals surface area contributed by atoms with E-state index in [1.165, 1.54) is 12.3 Å². The van der Waals surface area contributed by atoms with Gasteiger partial charge in [-0.3, -0.25) is 4.90 Å². The lowest BCUT2D eigenvalue weighted by Crippen LogP contribution is -2.64. The minimum absolute atomic E-state index is 0.187. The Hall–Kier alpha value is 0.230. The zero-order valence-electron chi connectivity index (χ0n) is 11.3. The highest BCUT2D eigenvalue weighted by molar-refractivity contribution is 8.00. The third-order valence-electron chi connectivity index (χ3n) is 4.51. The maximum Gasteiger partial charge on any atom is 0.0565 e. The number of nitrogens with zero attached hydrogens (tertiary/aromatic N) is 1. The Morgan fingerprint density at radius 2 is 2.18 bits per heavy atom. The number of nitrogens with two attached hydrogens (primary N) is 1. The highest BCUT2D eigenvalue weighted by Gasteiger charge is 2.43. The van der Waals surface area contributed by atoms with Crippen molar-refractivity contribution in [3.8, 4) is 0 Å². The molecule has 2 N–H and O–H groups in total. The molecule has 2 saturated heterocycles. The van der Waals surface area contributed by atoms with Gasteiger partial charge in [0.05, 0.1) is 6.10 Å². The number of hydrogen-bond donors (Lipinski definition) is 1. The number of rotatable bonds is 2. The lowest BCUT2D eigenvalue weighted by molar-refractivity contribution is -0.0743. The third kappa shape index (κ3) is 2.65. The Balaban J connectivity index is 2.15. The molecule has 2 aliphatic rings. The van der Waals surface area contributed by atoms with E-state index < -0.39 is 0 Å². The highest BCUT2D eigenvalue weighted by Crippen LogP contribution is 2.36. The summed E-state index contributed by atoms with van der Waals surface area (Å²) in [6.07, 6.45) is 2.53. The second-order valence-electron chi connectivity index (χ2n) is 5.57. The van der Waals surface area contributed by atoms with E-state index in [-0.39, 0.29) is 5.54 Å². The largest absolute Gasteiger partial charge is 0.378 e. The van der Waals surface area contributed by atoms with Crippen molar-refractivity contribution >= 4 is 11.8 Å². The van der Waals surface area contributed by atoms with Gasteiger partial charge in [-0.05, 0) is 26.7 Å². The van der Waals surface area contributed by atoms with Crippen LogP contribution in [0.2, 0.25) is 0 Å². The molecule has 0 amide bonds. The lowest BCUT2D eigenvalue weighted by atomic mass is 9.83. The molecule has 0 spiro atoms. The van der Waals surface area contributed by atoms with Crippen molar-refractivity contribution in [2.45, 2.75) is 56.5 Å².